The largest absolute Gasteiger partial charge is 0.433 e. The first-order valence-corrected chi connectivity index (χ1v) is 6.02. The molecule has 3 nitrogen and oxygen atoms in total. The van der Waals surface area contributed by atoms with Gasteiger partial charge in [0.05, 0.1) is 6.61 Å². The lowest BCUT2D eigenvalue weighted by Gasteiger charge is -2.07. The molecule has 6 heteroatoms. The van der Waals surface area contributed by atoms with E-state index in [9.17, 15) is 13.2 Å². The summed E-state index contributed by atoms with van der Waals surface area (Å²) in [5, 5.41) is 0. The summed E-state index contributed by atoms with van der Waals surface area (Å²) in [5.41, 5.74) is 0.726. The highest BCUT2D eigenvalue weighted by molar-refractivity contribution is 5.62. The molecule has 1 heterocycles. The third-order valence-electron chi connectivity index (χ3n) is 2.43. The van der Waals surface area contributed by atoms with E-state index >= 15 is 0 Å². The summed E-state index contributed by atoms with van der Waals surface area (Å²) < 4.78 is 42.1. The monoisotopic (exact) mass is 289 g/mol. The fraction of sp³-hybridized carbons (Fsp3) is 0.429. The molecule has 0 aromatic carbocycles. The topological polar surface area (TPSA) is 39.2 Å². The van der Waals surface area contributed by atoms with Gasteiger partial charge in [-0.05, 0) is 37.5 Å². The molecule has 0 saturated carbocycles. The number of halogens is 3. The molecule has 0 unspecified atom stereocenters. The van der Waals surface area contributed by atoms with Gasteiger partial charge in [-0.1, -0.05) is 12.1 Å². The van der Waals surface area contributed by atoms with E-state index in [0.717, 1.165) is 18.1 Å². The van der Waals surface area contributed by atoms with Crippen LogP contribution in [-0.4, -0.2) is 25.0 Å². The minimum absolute atomic E-state index is 0.613. The molecule has 0 aliphatic heterocycles. The van der Waals surface area contributed by atoms with Crippen LogP contribution in [0.25, 0.3) is 5.57 Å². The second-order valence-corrected chi connectivity index (χ2v) is 3.80. The number of alkyl halides is 3. The summed E-state index contributed by atoms with van der Waals surface area (Å²) >= 11 is 0. The molecular weight excluding hydrogens is 271 g/mol. The normalized spacial score (nSPS) is 11.8. The predicted octanol–water partition coefficient (Wildman–Crippen LogP) is 3.75. The molecule has 0 bridgehead atoms. The van der Waals surface area contributed by atoms with Crippen molar-refractivity contribution in [1.29, 1.82) is 0 Å². The third-order valence-corrected chi connectivity index (χ3v) is 2.43. The molecule has 0 atom stereocenters. The Kier molecular flexibility index (Phi) is 8.47. The van der Waals surface area contributed by atoms with E-state index in [-0.39, 0.29) is 0 Å². The zero-order chi connectivity index (χ0) is 15.6. The van der Waals surface area contributed by atoms with Crippen molar-refractivity contribution in [2.45, 2.75) is 26.4 Å². The number of pyridine rings is 1. The van der Waals surface area contributed by atoms with Crippen LogP contribution in [0, 0.1) is 0 Å². The van der Waals surface area contributed by atoms with Crippen molar-refractivity contribution in [3.63, 3.8) is 0 Å². The average Bonchev–Trinajstić information content (AvgIpc) is 2.45. The number of carbonyl (C=O) groups is 1. The quantitative estimate of drug-likeness (QED) is 0.775. The standard InChI is InChI=1S/C13H16F3NO.CH2O/c1-3-18-8-4-5-10(2)11-6-7-12(17-9-11)13(14,15)16;1-2/h5-7,9H,3-4,8H2,1-2H3;1H2/b10-5+;. The number of aromatic nitrogens is 1. The van der Waals surface area contributed by atoms with Gasteiger partial charge in [0, 0.05) is 12.8 Å². The number of carbonyl (C=O) groups excluding carboxylic acids is 1. The molecule has 0 aliphatic rings. The van der Waals surface area contributed by atoms with E-state index in [2.05, 4.69) is 4.98 Å². The summed E-state index contributed by atoms with van der Waals surface area (Å²) in [7, 11) is 0. The van der Waals surface area contributed by atoms with E-state index < -0.39 is 11.9 Å². The van der Waals surface area contributed by atoms with Crippen LogP contribution in [0.1, 0.15) is 31.5 Å². The van der Waals surface area contributed by atoms with Crippen LogP contribution in [0.3, 0.4) is 0 Å². The molecule has 1 aromatic rings. The highest BCUT2D eigenvalue weighted by atomic mass is 19.4. The molecule has 0 amide bonds. The Morgan fingerprint density at radius 2 is 2.05 bits per heavy atom. The first-order chi connectivity index (χ1) is 9.45. The van der Waals surface area contributed by atoms with Crippen LogP contribution >= 0.6 is 0 Å². The maximum Gasteiger partial charge on any atom is 0.433 e. The zero-order valence-electron chi connectivity index (χ0n) is 11.5. The number of nitrogens with zero attached hydrogens (tertiary/aromatic N) is 1. The van der Waals surface area contributed by atoms with Gasteiger partial charge in [-0.25, -0.2) is 0 Å². The van der Waals surface area contributed by atoms with Crippen molar-refractivity contribution in [2.75, 3.05) is 13.2 Å². The zero-order valence-corrected chi connectivity index (χ0v) is 11.5. The lowest BCUT2D eigenvalue weighted by atomic mass is 10.1. The summed E-state index contributed by atoms with van der Waals surface area (Å²) in [6, 6.07) is 2.43. The summed E-state index contributed by atoms with van der Waals surface area (Å²) in [6.07, 6.45) is -0.471. The van der Waals surface area contributed by atoms with Crippen LogP contribution in [0.5, 0.6) is 0 Å². The molecule has 0 fully saturated rings. The molecule has 0 radical (unpaired) electrons. The van der Waals surface area contributed by atoms with Gasteiger partial charge in [-0.3, -0.25) is 4.98 Å². The van der Waals surface area contributed by atoms with Crippen molar-refractivity contribution >= 4 is 12.4 Å². The van der Waals surface area contributed by atoms with Crippen LogP contribution in [0.15, 0.2) is 24.4 Å². The van der Waals surface area contributed by atoms with Crippen LogP contribution < -0.4 is 0 Å². The Morgan fingerprint density at radius 3 is 2.50 bits per heavy atom. The highest BCUT2D eigenvalue weighted by Crippen LogP contribution is 2.28. The van der Waals surface area contributed by atoms with E-state index in [4.69, 9.17) is 9.53 Å². The Bertz CT molecular complexity index is 413. The smallest absolute Gasteiger partial charge is 0.381 e. The van der Waals surface area contributed by atoms with Gasteiger partial charge in [0.2, 0.25) is 0 Å². The van der Waals surface area contributed by atoms with Crippen molar-refractivity contribution < 1.29 is 22.7 Å². The second-order valence-electron chi connectivity index (χ2n) is 3.80. The van der Waals surface area contributed by atoms with Gasteiger partial charge in [0.1, 0.15) is 12.5 Å². The Balaban J connectivity index is 0.00000172. The predicted molar refractivity (Wildman–Crippen MR) is 71.1 cm³/mol. The van der Waals surface area contributed by atoms with Crippen LogP contribution in [0.4, 0.5) is 13.2 Å². The van der Waals surface area contributed by atoms with Crippen molar-refractivity contribution in [3.05, 3.63) is 35.7 Å². The molecule has 1 rings (SSSR count). The molecule has 0 saturated heterocycles. The maximum atomic E-state index is 12.3. The molecule has 0 aliphatic carbocycles. The molecule has 0 spiro atoms. The van der Waals surface area contributed by atoms with Gasteiger partial charge in [-0.15, -0.1) is 0 Å². The number of ether oxygens (including phenoxy) is 1. The number of allylic oxidation sites excluding steroid dienone is 1. The van der Waals surface area contributed by atoms with Crippen molar-refractivity contribution in [1.82, 2.24) is 4.98 Å². The Morgan fingerprint density at radius 1 is 1.40 bits per heavy atom. The lowest BCUT2D eigenvalue weighted by molar-refractivity contribution is -0.141. The minimum atomic E-state index is -4.38. The van der Waals surface area contributed by atoms with Crippen molar-refractivity contribution in [2.24, 2.45) is 0 Å². The summed E-state index contributed by atoms with van der Waals surface area (Å²) in [5.74, 6) is 0. The van der Waals surface area contributed by atoms with Gasteiger partial charge >= 0.3 is 6.18 Å². The first kappa shape index (κ1) is 18.3. The van der Waals surface area contributed by atoms with Crippen molar-refractivity contribution in [3.8, 4) is 0 Å². The SMILES string of the molecule is C=O.CCOCC/C=C(\C)c1ccc(C(F)(F)F)nc1. The van der Waals surface area contributed by atoms with E-state index in [1.54, 1.807) is 0 Å². The fourth-order valence-corrected chi connectivity index (χ4v) is 1.42. The summed E-state index contributed by atoms with van der Waals surface area (Å²) in [6.45, 7) is 7.03. The van der Waals surface area contributed by atoms with E-state index in [0.29, 0.717) is 18.8 Å². The Labute approximate surface area is 116 Å². The van der Waals surface area contributed by atoms with Gasteiger partial charge in [0.25, 0.3) is 0 Å². The fourth-order valence-electron chi connectivity index (χ4n) is 1.42. The number of hydrogen-bond donors (Lipinski definition) is 0. The lowest BCUT2D eigenvalue weighted by Crippen LogP contribution is -2.07. The Hall–Kier alpha value is -1.69. The van der Waals surface area contributed by atoms with Gasteiger partial charge < -0.3 is 9.53 Å². The van der Waals surface area contributed by atoms with E-state index in [1.807, 2.05) is 26.7 Å². The maximum absolute atomic E-state index is 12.3. The molecular formula is C14H18F3NO2. The summed E-state index contributed by atoms with van der Waals surface area (Å²) in [4.78, 5) is 11.4. The molecule has 1 aromatic heterocycles. The van der Waals surface area contributed by atoms with Crippen LogP contribution in [0.2, 0.25) is 0 Å². The number of hydrogen-bond acceptors (Lipinski definition) is 3. The minimum Gasteiger partial charge on any atom is -0.381 e. The van der Waals surface area contributed by atoms with Crippen LogP contribution in [-0.2, 0) is 15.7 Å². The van der Waals surface area contributed by atoms with Gasteiger partial charge in [-0.2, -0.15) is 13.2 Å². The molecule has 112 valence electrons. The first-order valence-electron chi connectivity index (χ1n) is 6.02. The highest BCUT2D eigenvalue weighted by Gasteiger charge is 2.31. The molecule has 0 N–H and O–H groups in total. The van der Waals surface area contributed by atoms with E-state index in [1.165, 1.54) is 12.3 Å². The molecule has 20 heavy (non-hydrogen) atoms. The average molecular weight is 289 g/mol. The number of rotatable bonds is 5. The third kappa shape index (κ3) is 6.47. The van der Waals surface area contributed by atoms with Gasteiger partial charge in [0.15, 0.2) is 0 Å². The second kappa shape index (κ2) is 9.25.